The van der Waals surface area contributed by atoms with E-state index in [0.717, 1.165) is 16.7 Å². The van der Waals surface area contributed by atoms with E-state index in [4.69, 9.17) is 0 Å². The average molecular weight is 1290 g/mol. The minimum absolute atomic E-state index is 0.110. The average Bonchev–Trinajstić information content (AvgIpc) is 1.17. The van der Waals surface area contributed by atoms with Crippen LogP contribution < -0.4 is 28.9 Å². The van der Waals surface area contributed by atoms with Gasteiger partial charge in [-0.15, -0.1) is 0 Å². The van der Waals surface area contributed by atoms with E-state index in [1.807, 2.05) is 112 Å². The molecule has 9 aromatic carbocycles. The molecule has 2 atom stereocenters. The van der Waals surface area contributed by atoms with Crippen LogP contribution in [0.4, 0.5) is 17.1 Å². The predicted octanol–water partition coefficient (Wildman–Crippen LogP) is 11.2. The van der Waals surface area contributed by atoms with E-state index in [1.165, 1.54) is 12.9 Å². The quantitative estimate of drug-likeness (QED) is 0.0360. The van der Waals surface area contributed by atoms with Crippen molar-refractivity contribution in [3.63, 3.8) is 0 Å². The van der Waals surface area contributed by atoms with E-state index >= 15 is 0 Å². The van der Waals surface area contributed by atoms with Gasteiger partial charge in [-0.1, -0.05) is 185 Å². The maximum atomic E-state index is 13.5. The van der Waals surface area contributed by atoms with Crippen LogP contribution in [-0.2, 0) is 49.7 Å². The SMILES string of the molecule is CC(C)CNC(=O)c1cccc(N(Cc2ccccc2)S(=O)(=O)c2ccccc2)c1.CC(O)CNC(=O)c1cccc(N(Cc2ccccc2)S(=O)(=O)c2ccccc2)c1.CCC(CO)NC(=O)c1cccc(N(Cc2ccccc2)S(=O)(=O)c2ccccc2)c1. The molecule has 0 spiro atoms. The first-order valence-electron chi connectivity index (χ1n) is 29.5. The number of sulfonamides is 3. The van der Waals surface area contributed by atoms with E-state index in [2.05, 4.69) is 16.0 Å². The van der Waals surface area contributed by atoms with Gasteiger partial charge in [0.1, 0.15) is 0 Å². The summed E-state index contributed by atoms with van der Waals surface area (Å²) in [6.45, 7) is 8.39. The fourth-order valence-corrected chi connectivity index (χ4v) is 13.4. The Bertz CT molecular complexity index is 3940. The lowest BCUT2D eigenvalue weighted by molar-refractivity contribution is 0.0911. The molecule has 0 aliphatic rings. The van der Waals surface area contributed by atoms with Crippen LogP contribution in [0.1, 0.15) is 81.9 Å². The fourth-order valence-electron chi connectivity index (χ4n) is 9.05. The summed E-state index contributed by atoms with van der Waals surface area (Å²) in [7, 11) is -11.5. The lowest BCUT2D eigenvalue weighted by atomic mass is 10.1. The Morgan fingerprint density at radius 1 is 0.396 bits per heavy atom. The zero-order chi connectivity index (χ0) is 65.4. The van der Waals surface area contributed by atoms with Crippen LogP contribution in [-0.4, -0.2) is 85.0 Å². The van der Waals surface area contributed by atoms with Crippen molar-refractivity contribution in [1.29, 1.82) is 0 Å². The molecule has 474 valence electrons. The highest BCUT2D eigenvalue weighted by Crippen LogP contribution is 2.30. The Morgan fingerprint density at radius 3 is 0.956 bits per heavy atom. The van der Waals surface area contributed by atoms with Crippen molar-refractivity contribution in [1.82, 2.24) is 16.0 Å². The largest absolute Gasteiger partial charge is 0.394 e. The number of anilines is 3. The maximum Gasteiger partial charge on any atom is 0.264 e. The second kappa shape index (κ2) is 33.4. The molecule has 0 radical (unpaired) electrons. The summed E-state index contributed by atoms with van der Waals surface area (Å²) in [5, 5.41) is 27.0. The van der Waals surface area contributed by atoms with Crippen LogP contribution in [0.2, 0.25) is 0 Å². The van der Waals surface area contributed by atoms with E-state index in [1.54, 1.807) is 171 Å². The van der Waals surface area contributed by atoms with Crippen molar-refractivity contribution in [2.24, 2.45) is 5.92 Å². The number of benzene rings is 9. The van der Waals surface area contributed by atoms with E-state index in [0.29, 0.717) is 52.6 Å². The molecular weight excluding hydrogens is 1210 g/mol. The molecule has 9 aromatic rings. The van der Waals surface area contributed by atoms with Gasteiger partial charge in [0, 0.05) is 29.8 Å². The second-order valence-corrected chi connectivity index (χ2v) is 27.1. The summed E-state index contributed by atoms with van der Waals surface area (Å²) in [4.78, 5) is 38.1. The number of nitrogens with zero attached hydrogens (tertiary/aromatic N) is 3. The smallest absolute Gasteiger partial charge is 0.264 e. The number of nitrogens with one attached hydrogen (secondary N) is 3. The maximum absolute atomic E-state index is 13.5. The van der Waals surface area contributed by atoms with Crippen molar-refractivity contribution >= 4 is 64.9 Å². The lowest BCUT2D eigenvalue weighted by Gasteiger charge is -2.25. The molecule has 0 heterocycles. The van der Waals surface area contributed by atoms with Crippen molar-refractivity contribution < 1.29 is 49.9 Å². The number of aliphatic hydroxyl groups is 2. The molecule has 0 aromatic heterocycles. The standard InChI is InChI=1S/C24H26N2O4S.C24H26N2O3S.C23H24N2O4S/c1-2-21(18-27)25-24(28)20-12-9-13-22(16-20)26(17-19-10-5-3-6-11-19)31(29,30)23-14-7-4-8-15-23;1-19(2)17-25-24(27)21-12-9-13-22(16-21)26(18-20-10-5-3-6-11-20)30(28,29)23-14-7-4-8-15-23;1-18(26)16-24-23(27)20-11-8-12-21(15-20)25(17-19-9-4-2-5-10-19)30(28,29)22-13-6-3-7-14-22/h3-16,21,27H,2,17-18H2,1H3,(H,25,28);3-16,19H,17-18H2,1-2H3,(H,25,27);2-15,18,26H,16-17H2,1H3,(H,24,27). The summed E-state index contributed by atoms with van der Waals surface area (Å²) < 4.78 is 84.7. The zero-order valence-electron chi connectivity index (χ0n) is 51.1. The molecule has 0 fully saturated rings. The fraction of sp³-hybridized carbons (Fsp3) is 0.197. The third kappa shape index (κ3) is 19.8. The molecule has 17 nitrogen and oxygen atoms in total. The number of carbonyl (C=O) groups excluding carboxylic acids is 3. The van der Waals surface area contributed by atoms with Gasteiger partial charge in [-0.2, -0.15) is 0 Å². The van der Waals surface area contributed by atoms with Crippen molar-refractivity contribution in [3.8, 4) is 0 Å². The van der Waals surface area contributed by atoms with Gasteiger partial charge in [0.05, 0.1) is 70.1 Å². The molecule has 0 saturated carbocycles. The van der Waals surface area contributed by atoms with Gasteiger partial charge in [-0.25, -0.2) is 25.3 Å². The molecule has 0 aliphatic heterocycles. The molecule has 0 saturated heterocycles. The second-order valence-electron chi connectivity index (χ2n) is 21.5. The molecule has 3 amide bonds. The van der Waals surface area contributed by atoms with Gasteiger partial charge in [-0.3, -0.25) is 27.3 Å². The zero-order valence-corrected chi connectivity index (χ0v) is 53.5. The van der Waals surface area contributed by atoms with Crippen LogP contribution in [0.15, 0.2) is 269 Å². The van der Waals surface area contributed by atoms with Gasteiger partial charge in [0.25, 0.3) is 47.8 Å². The minimum Gasteiger partial charge on any atom is -0.394 e. The third-order valence-electron chi connectivity index (χ3n) is 14.0. The summed E-state index contributed by atoms with van der Waals surface area (Å²) in [5.74, 6) is -0.637. The van der Waals surface area contributed by atoms with Crippen LogP contribution in [0.25, 0.3) is 0 Å². The number of aliphatic hydroxyl groups excluding tert-OH is 2. The number of hydrogen-bond donors (Lipinski definition) is 5. The molecule has 91 heavy (non-hydrogen) atoms. The Morgan fingerprint density at radius 2 is 0.681 bits per heavy atom. The number of amides is 3. The lowest BCUT2D eigenvalue weighted by Crippen LogP contribution is -2.37. The number of carbonyl (C=O) groups is 3. The highest BCUT2D eigenvalue weighted by molar-refractivity contribution is 7.93. The van der Waals surface area contributed by atoms with Gasteiger partial charge < -0.3 is 26.2 Å². The van der Waals surface area contributed by atoms with Gasteiger partial charge >= 0.3 is 0 Å². The highest BCUT2D eigenvalue weighted by Gasteiger charge is 2.29. The van der Waals surface area contributed by atoms with E-state index in [-0.39, 0.29) is 71.2 Å². The summed E-state index contributed by atoms with van der Waals surface area (Å²) in [6.07, 6.45) is -0.0880. The first kappa shape index (κ1) is 69.0. The third-order valence-corrected chi connectivity index (χ3v) is 19.3. The Balaban J connectivity index is 0.000000194. The Labute approximate surface area is 534 Å². The Hall–Kier alpha value is -9.44. The molecule has 0 bridgehead atoms. The highest BCUT2D eigenvalue weighted by atomic mass is 32.2. The molecule has 0 aliphatic carbocycles. The van der Waals surface area contributed by atoms with Crippen LogP contribution >= 0.6 is 0 Å². The number of hydrogen-bond acceptors (Lipinski definition) is 11. The van der Waals surface area contributed by atoms with Crippen molar-refractivity contribution in [2.75, 3.05) is 32.6 Å². The Kier molecular flexibility index (Phi) is 25.3. The van der Waals surface area contributed by atoms with Crippen LogP contribution in [0.5, 0.6) is 0 Å². The van der Waals surface area contributed by atoms with Gasteiger partial charge in [0.15, 0.2) is 0 Å². The topological polar surface area (TPSA) is 240 Å². The van der Waals surface area contributed by atoms with Crippen LogP contribution in [0.3, 0.4) is 0 Å². The van der Waals surface area contributed by atoms with Crippen LogP contribution in [0, 0.1) is 5.92 Å². The van der Waals surface area contributed by atoms with E-state index in [9.17, 15) is 49.9 Å². The summed E-state index contributed by atoms with van der Waals surface area (Å²) >= 11 is 0. The molecular formula is C71H76N6O11S3. The summed E-state index contributed by atoms with van der Waals surface area (Å²) in [5.41, 5.74) is 4.77. The van der Waals surface area contributed by atoms with Gasteiger partial charge in [-0.05, 0) is 127 Å². The molecule has 2 unspecified atom stereocenters. The summed E-state index contributed by atoms with van der Waals surface area (Å²) in [6, 6.07) is 72.1. The normalized spacial score (nSPS) is 11.9. The van der Waals surface area contributed by atoms with E-state index < -0.39 is 36.2 Å². The first-order valence-corrected chi connectivity index (χ1v) is 33.8. The molecule has 9 rings (SSSR count). The predicted molar refractivity (Wildman–Crippen MR) is 358 cm³/mol. The minimum atomic E-state index is -3.87. The monoisotopic (exact) mass is 1280 g/mol. The molecule has 5 N–H and O–H groups in total. The van der Waals surface area contributed by atoms with Crippen molar-refractivity contribution in [3.05, 3.63) is 288 Å². The molecule has 20 heteroatoms. The first-order chi connectivity index (χ1) is 43.7. The van der Waals surface area contributed by atoms with Crippen molar-refractivity contribution in [2.45, 2.75) is 80.6 Å². The number of rotatable bonds is 25. The van der Waals surface area contributed by atoms with Gasteiger partial charge in [0.2, 0.25) is 0 Å².